The molecule has 4 nitrogen and oxygen atoms in total. The van der Waals surface area contributed by atoms with Gasteiger partial charge in [-0.2, -0.15) is 0 Å². The van der Waals surface area contributed by atoms with Gasteiger partial charge in [-0.25, -0.2) is 0 Å². The van der Waals surface area contributed by atoms with Crippen molar-refractivity contribution in [2.24, 2.45) is 0 Å². The van der Waals surface area contributed by atoms with Crippen molar-refractivity contribution in [3.05, 3.63) is 103 Å². The van der Waals surface area contributed by atoms with Gasteiger partial charge in [-0.15, -0.1) is 0 Å². The van der Waals surface area contributed by atoms with Gasteiger partial charge in [-0.05, 0) is 41.8 Å². The molecule has 0 aliphatic rings. The zero-order valence-electron chi connectivity index (χ0n) is 15.9. The second-order valence-electron chi connectivity index (χ2n) is 6.52. The van der Waals surface area contributed by atoms with Gasteiger partial charge in [0.05, 0.1) is 0 Å². The number of para-hydroxylation sites is 1. The van der Waals surface area contributed by atoms with Gasteiger partial charge in [0, 0.05) is 16.6 Å². The Labute approximate surface area is 169 Å². The molecular formula is C25H21NO3. The summed E-state index contributed by atoms with van der Waals surface area (Å²) in [6, 6.07) is 30.6. The van der Waals surface area contributed by atoms with Crippen molar-refractivity contribution >= 4 is 22.4 Å². The van der Waals surface area contributed by atoms with Crippen LogP contribution in [0.4, 0.5) is 5.69 Å². The quantitative estimate of drug-likeness (QED) is 0.426. The van der Waals surface area contributed by atoms with Gasteiger partial charge in [0.25, 0.3) is 5.91 Å². The van der Waals surface area contributed by atoms with Crippen LogP contribution in [-0.4, -0.2) is 19.1 Å². The summed E-state index contributed by atoms with van der Waals surface area (Å²) in [4.78, 5) is 12.7. The predicted molar refractivity (Wildman–Crippen MR) is 116 cm³/mol. The number of ether oxygens (including phenoxy) is 2. The van der Waals surface area contributed by atoms with E-state index in [0.29, 0.717) is 24.5 Å². The summed E-state index contributed by atoms with van der Waals surface area (Å²) in [5.74, 6) is 1.26. The highest BCUT2D eigenvalue weighted by Crippen LogP contribution is 2.24. The Morgan fingerprint density at radius 1 is 0.690 bits per heavy atom. The van der Waals surface area contributed by atoms with E-state index in [1.807, 2.05) is 84.9 Å². The topological polar surface area (TPSA) is 47.6 Å². The van der Waals surface area contributed by atoms with E-state index < -0.39 is 0 Å². The van der Waals surface area contributed by atoms with Crippen LogP contribution in [-0.2, 0) is 0 Å². The lowest BCUT2D eigenvalue weighted by atomic mass is 10.1. The minimum absolute atomic E-state index is 0.174. The highest BCUT2D eigenvalue weighted by molar-refractivity contribution is 6.09. The smallest absolute Gasteiger partial charge is 0.255 e. The zero-order chi connectivity index (χ0) is 19.9. The van der Waals surface area contributed by atoms with Gasteiger partial charge in [0.2, 0.25) is 0 Å². The van der Waals surface area contributed by atoms with Crippen LogP contribution in [0.1, 0.15) is 10.4 Å². The molecule has 0 saturated carbocycles. The lowest BCUT2D eigenvalue weighted by molar-refractivity contribution is 0.102. The zero-order valence-corrected chi connectivity index (χ0v) is 15.9. The molecule has 0 bridgehead atoms. The minimum Gasteiger partial charge on any atom is -0.490 e. The normalized spacial score (nSPS) is 10.5. The number of rotatable bonds is 7. The molecule has 0 spiro atoms. The number of hydrogen-bond acceptors (Lipinski definition) is 3. The van der Waals surface area contributed by atoms with E-state index in [4.69, 9.17) is 9.47 Å². The molecule has 0 unspecified atom stereocenters. The maximum Gasteiger partial charge on any atom is 0.255 e. The number of carbonyl (C=O) groups is 1. The van der Waals surface area contributed by atoms with Crippen molar-refractivity contribution in [2.45, 2.75) is 0 Å². The Morgan fingerprint density at radius 3 is 2.21 bits per heavy atom. The van der Waals surface area contributed by atoms with Gasteiger partial charge in [0.15, 0.2) is 0 Å². The van der Waals surface area contributed by atoms with Crippen LogP contribution < -0.4 is 14.8 Å². The Kier molecular flexibility index (Phi) is 5.72. The number of nitrogens with one attached hydrogen (secondary N) is 1. The fraction of sp³-hybridized carbons (Fsp3) is 0.0800. The number of carbonyl (C=O) groups excluding carboxylic acids is 1. The molecule has 4 aromatic carbocycles. The molecule has 4 aromatic rings. The van der Waals surface area contributed by atoms with Gasteiger partial charge in [-0.1, -0.05) is 60.7 Å². The van der Waals surface area contributed by atoms with Crippen molar-refractivity contribution in [3.63, 3.8) is 0 Å². The Morgan fingerprint density at radius 2 is 1.34 bits per heavy atom. The first-order valence-electron chi connectivity index (χ1n) is 9.49. The fourth-order valence-corrected chi connectivity index (χ4v) is 3.09. The summed E-state index contributed by atoms with van der Waals surface area (Å²) in [7, 11) is 0. The predicted octanol–water partition coefficient (Wildman–Crippen LogP) is 5.55. The van der Waals surface area contributed by atoms with Crippen LogP contribution in [0.5, 0.6) is 11.5 Å². The largest absolute Gasteiger partial charge is 0.490 e. The van der Waals surface area contributed by atoms with E-state index in [9.17, 15) is 4.79 Å². The number of anilines is 1. The Bertz CT molecular complexity index is 1100. The van der Waals surface area contributed by atoms with E-state index in [1.165, 1.54) is 0 Å². The summed E-state index contributed by atoms with van der Waals surface area (Å²) < 4.78 is 11.4. The first kappa shape index (κ1) is 18.6. The molecule has 0 fully saturated rings. The van der Waals surface area contributed by atoms with E-state index in [1.54, 1.807) is 12.1 Å². The maximum atomic E-state index is 12.7. The van der Waals surface area contributed by atoms with E-state index in [2.05, 4.69) is 5.32 Å². The first-order valence-corrected chi connectivity index (χ1v) is 9.49. The van der Waals surface area contributed by atoms with Crippen molar-refractivity contribution in [1.29, 1.82) is 0 Å². The molecule has 4 rings (SSSR count). The standard InChI is InChI=1S/C25H21NO3/c27-25(26-24-15-7-9-19-8-4-5-14-23(19)24)20-10-6-13-22(18-20)29-17-16-28-21-11-2-1-3-12-21/h1-15,18H,16-17H2,(H,26,27). The molecule has 4 heteroatoms. The SMILES string of the molecule is O=C(Nc1cccc2ccccc12)c1cccc(OCCOc2ccccc2)c1. The fourth-order valence-electron chi connectivity index (χ4n) is 3.09. The van der Waals surface area contributed by atoms with Crippen LogP contribution >= 0.6 is 0 Å². The molecule has 144 valence electrons. The van der Waals surface area contributed by atoms with Crippen molar-refractivity contribution in [2.75, 3.05) is 18.5 Å². The summed E-state index contributed by atoms with van der Waals surface area (Å²) in [5, 5.41) is 5.09. The van der Waals surface area contributed by atoms with Crippen LogP contribution in [0, 0.1) is 0 Å². The van der Waals surface area contributed by atoms with E-state index >= 15 is 0 Å². The molecule has 29 heavy (non-hydrogen) atoms. The molecule has 0 aromatic heterocycles. The third kappa shape index (κ3) is 4.74. The number of amides is 1. The minimum atomic E-state index is -0.174. The summed E-state index contributed by atoms with van der Waals surface area (Å²) in [6.07, 6.45) is 0. The molecular weight excluding hydrogens is 362 g/mol. The lowest BCUT2D eigenvalue weighted by Gasteiger charge is -2.11. The maximum absolute atomic E-state index is 12.7. The van der Waals surface area contributed by atoms with E-state index in [-0.39, 0.29) is 5.91 Å². The molecule has 0 radical (unpaired) electrons. The average Bonchev–Trinajstić information content (AvgIpc) is 2.78. The second kappa shape index (κ2) is 8.93. The summed E-state index contributed by atoms with van der Waals surface area (Å²) in [6.45, 7) is 0.819. The summed E-state index contributed by atoms with van der Waals surface area (Å²) in [5.41, 5.74) is 1.33. The first-order chi connectivity index (χ1) is 14.3. The van der Waals surface area contributed by atoms with Crippen LogP contribution in [0.3, 0.4) is 0 Å². The summed E-state index contributed by atoms with van der Waals surface area (Å²) >= 11 is 0. The molecule has 1 N–H and O–H groups in total. The second-order valence-corrected chi connectivity index (χ2v) is 6.52. The number of benzene rings is 4. The number of fused-ring (bicyclic) bond motifs is 1. The Hall–Kier alpha value is -3.79. The van der Waals surface area contributed by atoms with Gasteiger partial charge < -0.3 is 14.8 Å². The van der Waals surface area contributed by atoms with Crippen LogP contribution in [0.25, 0.3) is 10.8 Å². The molecule has 1 amide bonds. The van der Waals surface area contributed by atoms with Gasteiger partial charge >= 0.3 is 0 Å². The monoisotopic (exact) mass is 383 g/mol. The highest BCUT2D eigenvalue weighted by atomic mass is 16.5. The highest BCUT2D eigenvalue weighted by Gasteiger charge is 2.09. The third-order valence-corrected chi connectivity index (χ3v) is 4.50. The van der Waals surface area contributed by atoms with Crippen LogP contribution in [0.15, 0.2) is 97.1 Å². The van der Waals surface area contributed by atoms with Gasteiger partial charge in [-0.3, -0.25) is 4.79 Å². The molecule has 0 aliphatic heterocycles. The third-order valence-electron chi connectivity index (χ3n) is 4.50. The van der Waals surface area contributed by atoms with Crippen LogP contribution in [0.2, 0.25) is 0 Å². The van der Waals surface area contributed by atoms with Crippen molar-refractivity contribution in [1.82, 2.24) is 0 Å². The van der Waals surface area contributed by atoms with E-state index in [0.717, 1.165) is 22.2 Å². The average molecular weight is 383 g/mol. The van der Waals surface area contributed by atoms with Gasteiger partial charge in [0.1, 0.15) is 24.7 Å². The molecule has 0 heterocycles. The lowest BCUT2D eigenvalue weighted by Crippen LogP contribution is -2.13. The number of hydrogen-bond donors (Lipinski definition) is 1. The van der Waals surface area contributed by atoms with Crippen molar-refractivity contribution in [3.8, 4) is 11.5 Å². The molecule has 0 aliphatic carbocycles. The molecule has 0 atom stereocenters. The van der Waals surface area contributed by atoms with Crippen molar-refractivity contribution < 1.29 is 14.3 Å². The Balaban J connectivity index is 1.38. The molecule has 0 saturated heterocycles.